The molecule has 50 heavy (non-hydrogen) atoms. The van der Waals surface area contributed by atoms with Gasteiger partial charge in [-0.25, -0.2) is 8.42 Å². The first-order valence-electron chi connectivity index (χ1n) is 17.1. The largest absolute Gasteiger partial charge is 0.461 e. The summed E-state index contributed by atoms with van der Waals surface area (Å²) >= 11 is 0. The van der Waals surface area contributed by atoms with E-state index < -0.39 is 65.0 Å². The molecular formula is C36H47F3N2O8S. The zero-order valence-electron chi connectivity index (χ0n) is 28.8. The smallest absolute Gasteiger partial charge is 0.390 e. The maximum Gasteiger partial charge on any atom is 0.390 e. The Morgan fingerprint density at radius 3 is 2.44 bits per heavy atom. The summed E-state index contributed by atoms with van der Waals surface area (Å²) in [5.74, 6) is -1.06. The summed E-state index contributed by atoms with van der Waals surface area (Å²) in [6.07, 6.45) is -8.01. The molecule has 0 radical (unpaired) electrons. The van der Waals surface area contributed by atoms with Crippen molar-refractivity contribution in [2.24, 2.45) is 17.8 Å². The lowest BCUT2D eigenvalue weighted by molar-refractivity contribution is -0.153. The number of carbonyl (C=O) groups is 1. The third-order valence-corrected chi connectivity index (χ3v) is 11.0. The molecule has 0 spiro atoms. The maximum absolute atomic E-state index is 14.1. The van der Waals surface area contributed by atoms with E-state index in [1.165, 1.54) is 10.4 Å². The molecule has 0 aliphatic carbocycles. The molecule has 14 heteroatoms. The van der Waals surface area contributed by atoms with Crippen molar-refractivity contribution >= 4 is 27.0 Å². The second-order valence-electron chi connectivity index (χ2n) is 14.0. The van der Waals surface area contributed by atoms with Crippen molar-refractivity contribution < 1.29 is 50.1 Å². The zero-order valence-corrected chi connectivity index (χ0v) is 29.6. The number of nitrogens with one attached hydrogen (secondary N) is 1. The van der Waals surface area contributed by atoms with Crippen LogP contribution in [0.3, 0.4) is 0 Å². The molecule has 0 unspecified atom stereocenters. The van der Waals surface area contributed by atoms with Crippen LogP contribution in [0.4, 0.5) is 13.2 Å². The molecule has 2 fully saturated rings. The lowest BCUT2D eigenvalue weighted by Gasteiger charge is -2.30. The maximum atomic E-state index is 14.1. The van der Waals surface area contributed by atoms with Gasteiger partial charge in [-0.2, -0.15) is 17.5 Å². The van der Waals surface area contributed by atoms with Crippen LogP contribution < -0.4 is 5.32 Å². The Bertz CT molecular complexity index is 1680. The third kappa shape index (κ3) is 9.65. The number of aliphatic hydroxyl groups excluding tert-OH is 1. The monoisotopic (exact) mass is 724 g/mol. The SMILES string of the molecule is CC(C)CN(C[C@@H](O)[C@@H](CC(=O)O[C@H]1CO[C@H]2OC[C@H](NCCC(F)(F)F)[C@H]21)Cc1ccccc1)S(=O)(=O)c1ccc2oc(C(C)C)cc2c1. The van der Waals surface area contributed by atoms with Crippen molar-refractivity contribution in [3.63, 3.8) is 0 Å². The van der Waals surface area contributed by atoms with Crippen LogP contribution in [0.15, 0.2) is 63.9 Å². The highest BCUT2D eigenvalue weighted by Gasteiger charge is 2.50. The summed E-state index contributed by atoms with van der Waals surface area (Å²) in [7, 11) is -4.07. The molecular weight excluding hydrogens is 677 g/mol. The lowest BCUT2D eigenvalue weighted by atomic mass is 9.90. The number of rotatable bonds is 16. The highest BCUT2D eigenvalue weighted by molar-refractivity contribution is 7.89. The first-order chi connectivity index (χ1) is 23.6. The van der Waals surface area contributed by atoms with Gasteiger partial charge in [0, 0.05) is 42.9 Å². The molecule has 0 saturated carbocycles. The number of esters is 1. The standard InChI is InChI=1S/C36H47F3N2O8S/c1-22(2)18-41(50(44,45)27-10-11-30-26(15-27)16-31(48-30)23(3)4)19-29(42)25(14-24-8-6-5-7-9-24)17-33(43)49-32-21-47-35-34(32)28(20-46-35)40-13-12-36(37,38)39/h5-11,15-16,22-23,25,28-29,32,34-35,40,42H,12-14,17-21H2,1-4H3/t25-,28+,29-,32+,34+,35-/m1/s1. The molecule has 2 N–H and O–H groups in total. The average molecular weight is 725 g/mol. The number of sulfonamides is 1. The van der Waals surface area contributed by atoms with Crippen molar-refractivity contribution in [3.8, 4) is 0 Å². The topological polar surface area (TPSA) is 128 Å². The molecule has 6 atom stereocenters. The van der Waals surface area contributed by atoms with Crippen LogP contribution in [0, 0.1) is 17.8 Å². The first kappa shape index (κ1) is 38.2. The number of benzene rings is 2. The van der Waals surface area contributed by atoms with Gasteiger partial charge in [-0.3, -0.25) is 4.79 Å². The Morgan fingerprint density at radius 2 is 1.76 bits per heavy atom. The highest BCUT2D eigenvalue weighted by Crippen LogP contribution is 2.35. The van der Waals surface area contributed by atoms with Crippen molar-refractivity contribution in [2.75, 3.05) is 32.8 Å². The Kier molecular flexibility index (Phi) is 12.3. The van der Waals surface area contributed by atoms with E-state index in [1.54, 1.807) is 12.1 Å². The molecule has 2 aliphatic heterocycles. The van der Waals surface area contributed by atoms with E-state index in [-0.39, 0.29) is 62.4 Å². The number of nitrogens with zero attached hydrogens (tertiary/aromatic N) is 1. The van der Waals surface area contributed by atoms with Gasteiger partial charge in [0.05, 0.1) is 43.0 Å². The van der Waals surface area contributed by atoms with Crippen LogP contribution in [-0.4, -0.2) is 87.4 Å². The Hall–Kier alpha value is -3.01. The molecule has 2 aliphatic rings. The van der Waals surface area contributed by atoms with E-state index in [9.17, 15) is 31.5 Å². The number of furan rings is 1. The van der Waals surface area contributed by atoms with Gasteiger partial charge >= 0.3 is 12.1 Å². The van der Waals surface area contributed by atoms with Crippen LogP contribution in [-0.2, 0) is 35.4 Å². The fourth-order valence-corrected chi connectivity index (χ4v) is 8.23. The number of alkyl halides is 3. The molecule has 2 aromatic carbocycles. The molecule has 10 nitrogen and oxygen atoms in total. The Morgan fingerprint density at radius 1 is 1.04 bits per heavy atom. The summed E-state index contributed by atoms with van der Waals surface area (Å²) in [5.41, 5.74) is 1.42. The zero-order chi connectivity index (χ0) is 36.2. The van der Waals surface area contributed by atoms with E-state index in [0.29, 0.717) is 11.0 Å². The minimum Gasteiger partial charge on any atom is -0.461 e. The van der Waals surface area contributed by atoms with Crippen molar-refractivity contribution in [3.05, 3.63) is 65.9 Å². The fourth-order valence-electron chi connectivity index (χ4n) is 6.58. The quantitative estimate of drug-likeness (QED) is 0.181. The van der Waals surface area contributed by atoms with Crippen LogP contribution in [0.2, 0.25) is 0 Å². The summed E-state index contributed by atoms with van der Waals surface area (Å²) < 4.78 is 90.6. The van der Waals surface area contributed by atoms with Gasteiger partial charge < -0.3 is 29.1 Å². The fraction of sp³-hybridized carbons (Fsp3) is 0.583. The van der Waals surface area contributed by atoms with Crippen LogP contribution in [0.1, 0.15) is 57.8 Å². The predicted octanol–water partition coefficient (Wildman–Crippen LogP) is 5.64. The van der Waals surface area contributed by atoms with Gasteiger partial charge in [-0.1, -0.05) is 58.0 Å². The molecule has 5 rings (SSSR count). The normalized spacial score (nSPS) is 22.5. The first-order valence-corrected chi connectivity index (χ1v) is 18.5. The van der Waals surface area contributed by atoms with Crippen LogP contribution in [0.25, 0.3) is 11.0 Å². The Labute approximate surface area is 291 Å². The van der Waals surface area contributed by atoms with Crippen molar-refractivity contribution in [1.29, 1.82) is 0 Å². The van der Waals surface area contributed by atoms with Gasteiger partial charge in [0.25, 0.3) is 0 Å². The summed E-state index contributed by atoms with van der Waals surface area (Å²) in [6, 6.07) is 15.3. The summed E-state index contributed by atoms with van der Waals surface area (Å²) in [5, 5.41) is 15.2. The lowest BCUT2D eigenvalue weighted by Crippen LogP contribution is -2.44. The number of fused-ring (bicyclic) bond motifs is 2. The summed E-state index contributed by atoms with van der Waals surface area (Å²) in [6.45, 7) is 7.44. The van der Waals surface area contributed by atoms with E-state index in [1.807, 2.05) is 64.1 Å². The number of aliphatic hydroxyl groups is 1. The number of halogens is 3. The van der Waals surface area contributed by atoms with Gasteiger partial charge in [0.15, 0.2) is 6.29 Å². The van der Waals surface area contributed by atoms with Gasteiger partial charge in [0.1, 0.15) is 17.4 Å². The minimum atomic E-state index is -4.31. The van der Waals surface area contributed by atoms with Crippen molar-refractivity contribution in [2.45, 2.75) is 88.5 Å². The number of hydrogen-bond donors (Lipinski definition) is 2. The van der Waals surface area contributed by atoms with Crippen molar-refractivity contribution in [1.82, 2.24) is 9.62 Å². The van der Waals surface area contributed by atoms with E-state index in [0.717, 1.165) is 11.3 Å². The van der Waals surface area contributed by atoms with E-state index in [2.05, 4.69) is 5.32 Å². The van der Waals surface area contributed by atoms with Gasteiger partial charge in [-0.05, 0) is 42.2 Å². The number of carbonyl (C=O) groups excluding carboxylic acids is 1. The molecule has 0 amide bonds. The predicted molar refractivity (Wildman–Crippen MR) is 180 cm³/mol. The number of hydrogen-bond acceptors (Lipinski definition) is 9. The molecule has 0 bridgehead atoms. The number of ether oxygens (including phenoxy) is 3. The second kappa shape index (κ2) is 16.1. The molecule has 1 aromatic heterocycles. The summed E-state index contributed by atoms with van der Waals surface area (Å²) in [4.78, 5) is 13.5. The average Bonchev–Trinajstić information content (AvgIpc) is 3.76. The van der Waals surface area contributed by atoms with Gasteiger partial charge in [-0.15, -0.1) is 0 Å². The highest BCUT2D eigenvalue weighted by atomic mass is 32.2. The van der Waals surface area contributed by atoms with E-state index >= 15 is 0 Å². The van der Waals surface area contributed by atoms with Crippen LogP contribution in [0.5, 0.6) is 0 Å². The van der Waals surface area contributed by atoms with Crippen LogP contribution >= 0.6 is 0 Å². The minimum absolute atomic E-state index is 0.0184. The second-order valence-corrected chi connectivity index (χ2v) is 15.9. The molecule has 276 valence electrons. The molecule has 3 heterocycles. The molecule has 3 aromatic rings. The third-order valence-electron chi connectivity index (χ3n) is 9.16. The molecule has 2 saturated heterocycles. The Balaban J connectivity index is 1.31. The van der Waals surface area contributed by atoms with Gasteiger partial charge in [0.2, 0.25) is 10.0 Å². The van der Waals surface area contributed by atoms with E-state index in [4.69, 9.17) is 18.6 Å².